The SMILES string of the molecule is CCCCc1cc(CN2CC(C(=O)O)C2)ccc1-c1ncc(-c2ccc(C(C)C)cc2)s1. The normalized spacial score (nSPS) is 14.6. The van der Waals surface area contributed by atoms with E-state index < -0.39 is 5.97 Å². The van der Waals surface area contributed by atoms with Crippen LogP contribution in [0.5, 0.6) is 0 Å². The number of rotatable bonds is 9. The van der Waals surface area contributed by atoms with Gasteiger partial charge in [-0.2, -0.15) is 0 Å². The summed E-state index contributed by atoms with van der Waals surface area (Å²) >= 11 is 1.75. The summed E-state index contributed by atoms with van der Waals surface area (Å²) in [6.45, 7) is 8.76. The van der Waals surface area contributed by atoms with Crippen molar-refractivity contribution in [1.29, 1.82) is 0 Å². The zero-order chi connectivity index (χ0) is 22.7. The molecule has 2 aromatic carbocycles. The number of carbonyl (C=O) groups is 1. The molecule has 0 atom stereocenters. The number of hydrogen-bond acceptors (Lipinski definition) is 4. The first-order chi connectivity index (χ1) is 15.4. The Balaban J connectivity index is 1.54. The molecular formula is C27H32N2O2S. The first kappa shape index (κ1) is 22.7. The Hall–Kier alpha value is -2.50. The Morgan fingerprint density at radius 1 is 1.19 bits per heavy atom. The van der Waals surface area contributed by atoms with Crippen molar-refractivity contribution in [3.05, 3.63) is 65.4 Å². The number of thiazole rings is 1. The van der Waals surface area contributed by atoms with Gasteiger partial charge in [-0.1, -0.05) is 69.7 Å². The maximum absolute atomic E-state index is 11.1. The van der Waals surface area contributed by atoms with E-state index in [1.165, 1.54) is 32.7 Å². The summed E-state index contributed by atoms with van der Waals surface area (Å²) in [6, 6.07) is 15.5. The quantitative estimate of drug-likeness (QED) is 0.408. The lowest BCUT2D eigenvalue weighted by atomic mass is 9.96. The van der Waals surface area contributed by atoms with Gasteiger partial charge in [0.15, 0.2) is 0 Å². The van der Waals surface area contributed by atoms with E-state index in [1.807, 2.05) is 6.20 Å². The molecule has 0 bridgehead atoms. The molecular weight excluding hydrogens is 416 g/mol. The summed E-state index contributed by atoms with van der Waals surface area (Å²) in [4.78, 5) is 19.3. The molecule has 0 unspecified atom stereocenters. The van der Waals surface area contributed by atoms with Crippen molar-refractivity contribution in [1.82, 2.24) is 9.88 Å². The number of aromatic nitrogens is 1. The molecule has 1 N–H and O–H groups in total. The highest BCUT2D eigenvalue weighted by atomic mass is 32.1. The number of likely N-dealkylation sites (tertiary alicyclic amines) is 1. The Kier molecular flexibility index (Phi) is 7.07. The second-order valence-corrected chi connectivity index (χ2v) is 10.2. The maximum Gasteiger partial charge on any atom is 0.309 e. The van der Waals surface area contributed by atoms with Crippen LogP contribution in [0.3, 0.4) is 0 Å². The van der Waals surface area contributed by atoms with Gasteiger partial charge in [-0.05, 0) is 41.0 Å². The minimum Gasteiger partial charge on any atom is -0.481 e. The van der Waals surface area contributed by atoms with Gasteiger partial charge in [0.2, 0.25) is 0 Å². The highest BCUT2D eigenvalue weighted by Crippen LogP contribution is 2.35. The highest BCUT2D eigenvalue weighted by molar-refractivity contribution is 7.18. The molecule has 1 fully saturated rings. The standard InChI is InChI=1S/C27H32N2O2S/c1-4-5-6-22-13-19(15-29-16-23(17-29)27(30)31)7-12-24(22)26-28-14-25(32-26)21-10-8-20(9-11-21)18(2)3/h7-14,18,23H,4-6,15-17H2,1-3H3,(H,30,31). The fourth-order valence-electron chi connectivity index (χ4n) is 4.21. The van der Waals surface area contributed by atoms with Crippen LogP contribution in [0.1, 0.15) is 56.2 Å². The van der Waals surface area contributed by atoms with Crippen molar-refractivity contribution in [3.8, 4) is 21.0 Å². The van der Waals surface area contributed by atoms with Crippen LogP contribution in [-0.4, -0.2) is 34.0 Å². The van der Waals surface area contributed by atoms with Crippen LogP contribution in [0.2, 0.25) is 0 Å². The summed E-state index contributed by atoms with van der Waals surface area (Å²) in [6.07, 6.45) is 5.33. The van der Waals surface area contributed by atoms with E-state index in [2.05, 4.69) is 68.1 Å². The topological polar surface area (TPSA) is 53.4 Å². The minimum atomic E-state index is -0.682. The summed E-state index contributed by atoms with van der Waals surface area (Å²) in [5.74, 6) is -0.359. The van der Waals surface area contributed by atoms with Gasteiger partial charge in [-0.25, -0.2) is 4.98 Å². The number of carboxylic acids is 1. The predicted molar refractivity (Wildman–Crippen MR) is 132 cm³/mol. The zero-order valence-corrected chi connectivity index (χ0v) is 20.0. The van der Waals surface area contributed by atoms with Gasteiger partial charge >= 0.3 is 5.97 Å². The van der Waals surface area contributed by atoms with Crippen LogP contribution in [0.25, 0.3) is 21.0 Å². The second kappa shape index (κ2) is 9.97. The second-order valence-electron chi connectivity index (χ2n) is 9.13. The lowest BCUT2D eigenvalue weighted by Crippen LogP contribution is -2.49. The van der Waals surface area contributed by atoms with Crippen molar-refractivity contribution in [2.75, 3.05) is 13.1 Å². The van der Waals surface area contributed by atoms with Crippen molar-refractivity contribution in [2.45, 2.75) is 52.5 Å². The maximum atomic E-state index is 11.1. The Morgan fingerprint density at radius 3 is 2.59 bits per heavy atom. The van der Waals surface area contributed by atoms with Gasteiger partial charge in [0.05, 0.1) is 10.8 Å². The van der Waals surface area contributed by atoms with Crippen LogP contribution in [0, 0.1) is 5.92 Å². The molecule has 5 heteroatoms. The number of unbranched alkanes of at least 4 members (excludes halogenated alkanes) is 1. The Morgan fingerprint density at radius 2 is 1.94 bits per heavy atom. The van der Waals surface area contributed by atoms with Crippen LogP contribution < -0.4 is 0 Å². The third-order valence-corrected chi connectivity index (χ3v) is 7.36. The van der Waals surface area contributed by atoms with Gasteiger partial charge in [-0.15, -0.1) is 11.3 Å². The zero-order valence-electron chi connectivity index (χ0n) is 19.2. The largest absolute Gasteiger partial charge is 0.481 e. The fourth-order valence-corrected chi connectivity index (χ4v) is 5.19. The third-order valence-electron chi connectivity index (χ3n) is 6.28. The number of carboxylic acid groups (broad SMARTS) is 1. The van der Waals surface area contributed by atoms with E-state index in [1.54, 1.807) is 11.3 Å². The molecule has 168 valence electrons. The Bertz CT molecular complexity index is 1070. The van der Waals surface area contributed by atoms with E-state index >= 15 is 0 Å². The monoisotopic (exact) mass is 448 g/mol. The molecule has 1 saturated heterocycles. The molecule has 0 radical (unpaired) electrons. The molecule has 0 spiro atoms. The number of nitrogens with zero attached hydrogens (tertiary/aromatic N) is 2. The van der Waals surface area contributed by atoms with Crippen LogP contribution in [0.4, 0.5) is 0 Å². The van der Waals surface area contributed by atoms with Crippen LogP contribution >= 0.6 is 11.3 Å². The molecule has 1 aromatic heterocycles. The summed E-state index contributed by atoms with van der Waals surface area (Å²) < 4.78 is 0. The van der Waals surface area contributed by atoms with E-state index in [9.17, 15) is 4.79 Å². The average molecular weight is 449 g/mol. The molecule has 0 aliphatic carbocycles. The average Bonchev–Trinajstić information content (AvgIpc) is 3.24. The third kappa shape index (κ3) is 5.11. The molecule has 0 saturated carbocycles. The van der Waals surface area contributed by atoms with Gasteiger partial charge in [0, 0.05) is 31.4 Å². The number of benzene rings is 2. The minimum absolute atomic E-state index is 0.211. The van der Waals surface area contributed by atoms with Crippen molar-refractivity contribution in [2.24, 2.45) is 5.92 Å². The van der Waals surface area contributed by atoms with Crippen LogP contribution in [-0.2, 0) is 17.8 Å². The van der Waals surface area contributed by atoms with Gasteiger partial charge in [-0.3, -0.25) is 9.69 Å². The van der Waals surface area contributed by atoms with E-state index in [0.29, 0.717) is 19.0 Å². The summed E-state index contributed by atoms with van der Waals surface area (Å²) in [5, 5.41) is 10.2. The van der Waals surface area contributed by atoms with Crippen molar-refractivity contribution < 1.29 is 9.90 Å². The van der Waals surface area contributed by atoms with Crippen LogP contribution in [0.15, 0.2) is 48.7 Å². The smallest absolute Gasteiger partial charge is 0.309 e. The lowest BCUT2D eigenvalue weighted by Gasteiger charge is -2.36. The molecule has 0 amide bonds. The molecule has 4 rings (SSSR count). The molecule has 1 aliphatic heterocycles. The fraction of sp³-hybridized carbons (Fsp3) is 0.407. The van der Waals surface area contributed by atoms with Gasteiger partial charge in [0.1, 0.15) is 5.01 Å². The van der Waals surface area contributed by atoms with E-state index in [0.717, 1.165) is 30.8 Å². The highest BCUT2D eigenvalue weighted by Gasteiger charge is 2.32. The number of aliphatic carboxylic acids is 1. The summed E-state index contributed by atoms with van der Waals surface area (Å²) in [7, 11) is 0. The van der Waals surface area contributed by atoms with Gasteiger partial charge in [0.25, 0.3) is 0 Å². The summed E-state index contributed by atoms with van der Waals surface area (Å²) in [5.41, 5.74) is 6.40. The van der Waals surface area contributed by atoms with E-state index in [4.69, 9.17) is 10.1 Å². The number of aryl methyl sites for hydroxylation is 1. The Labute approximate surface area is 194 Å². The molecule has 2 heterocycles. The molecule has 4 nitrogen and oxygen atoms in total. The van der Waals surface area contributed by atoms with E-state index in [-0.39, 0.29) is 5.92 Å². The van der Waals surface area contributed by atoms with Crippen molar-refractivity contribution in [3.63, 3.8) is 0 Å². The first-order valence-corrected chi connectivity index (χ1v) is 12.4. The lowest BCUT2D eigenvalue weighted by molar-refractivity contribution is -0.147. The van der Waals surface area contributed by atoms with Crippen molar-refractivity contribution >= 4 is 17.3 Å². The molecule has 1 aliphatic rings. The molecule has 32 heavy (non-hydrogen) atoms. The predicted octanol–water partition coefficient (Wildman–Crippen LogP) is 6.46. The molecule has 3 aromatic rings. The van der Waals surface area contributed by atoms with Gasteiger partial charge < -0.3 is 5.11 Å². The first-order valence-electron chi connectivity index (χ1n) is 11.6. The number of hydrogen-bond donors (Lipinski definition) is 1.